The summed E-state index contributed by atoms with van der Waals surface area (Å²) in [7, 11) is -3.78. The number of halogens is 1. The molecule has 0 aromatic heterocycles. The predicted molar refractivity (Wildman–Crippen MR) is 74.9 cm³/mol. The zero-order valence-electron chi connectivity index (χ0n) is 12.0. The molecule has 0 radical (unpaired) electrons. The highest BCUT2D eigenvalue weighted by atomic mass is 32.2. The molecule has 0 spiro atoms. The number of hydrogen-bond donors (Lipinski definition) is 1. The summed E-state index contributed by atoms with van der Waals surface area (Å²) in [6, 6.07) is 3.81. The Hall–Kier alpha value is -1.47. The van der Waals surface area contributed by atoms with Crippen LogP contribution in [0.2, 0.25) is 0 Å². The first-order valence-electron chi connectivity index (χ1n) is 6.66. The molecular weight excluding hydrogens is 297 g/mol. The lowest BCUT2D eigenvalue weighted by Gasteiger charge is -2.35. The van der Waals surface area contributed by atoms with E-state index >= 15 is 0 Å². The molecule has 2 rings (SSSR count). The summed E-state index contributed by atoms with van der Waals surface area (Å²) in [6.07, 6.45) is 0.492. The van der Waals surface area contributed by atoms with Crippen LogP contribution in [-0.4, -0.2) is 36.9 Å². The van der Waals surface area contributed by atoms with E-state index in [0.29, 0.717) is 5.56 Å². The monoisotopic (exact) mass is 315 g/mol. The number of benzene rings is 1. The van der Waals surface area contributed by atoms with Gasteiger partial charge >= 0.3 is 5.97 Å². The summed E-state index contributed by atoms with van der Waals surface area (Å²) in [5.74, 6) is -1.48. The number of piperidine rings is 1. The van der Waals surface area contributed by atoms with Crippen molar-refractivity contribution in [2.24, 2.45) is 5.41 Å². The van der Waals surface area contributed by atoms with Gasteiger partial charge in [-0.2, -0.15) is 4.31 Å². The number of sulfonamides is 1. The van der Waals surface area contributed by atoms with Gasteiger partial charge in [0.15, 0.2) is 0 Å². The molecular formula is C14H18FNO4S. The highest BCUT2D eigenvalue weighted by Gasteiger charge is 2.40. The predicted octanol–water partition coefficient (Wildman–Crippen LogP) is 2.01. The zero-order valence-corrected chi connectivity index (χ0v) is 12.8. The molecule has 1 fully saturated rings. The lowest BCUT2D eigenvalue weighted by Crippen LogP contribution is -2.45. The average molecular weight is 315 g/mol. The number of aryl methyl sites for hydroxylation is 1. The van der Waals surface area contributed by atoms with Crippen LogP contribution in [0.1, 0.15) is 25.3 Å². The summed E-state index contributed by atoms with van der Waals surface area (Å²) >= 11 is 0. The molecule has 1 heterocycles. The van der Waals surface area contributed by atoms with Crippen molar-refractivity contribution in [3.63, 3.8) is 0 Å². The van der Waals surface area contributed by atoms with E-state index in [1.165, 1.54) is 16.4 Å². The highest BCUT2D eigenvalue weighted by Crippen LogP contribution is 2.33. The van der Waals surface area contributed by atoms with Crippen molar-refractivity contribution >= 4 is 16.0 Å². The Morgan fingerprint density at radius 1 is 1.33 bits per heavy atom. The molecule has 5 nitrogen and oxygen atoms in total. The second-order valence-corrected chi connectivity index (χ2v) is 7.62. The third kappa shape index (κ3) is 2.94. The Labute approximate surface area is 123 Å². The number of rotatable bonds is 3. The highest BCUT2D eigenvalue weighted by molar-refractivity contribution is 7.89. The van der Waals surface area contributed by atoms with Crippen molar-refractivity contribution in [1.29, 1.82) is 0 Å². The van der Waals surface area contributed by atoms with E-state index in [-0.39, 0.29) is 30.8 Å². The van der Waals surface area contributed by atoms with Gasteiger partial charge < -0.3 is 5.11 Å². The molecule has 0 unspecified atom stereocenters. The van der Waals surface area contributed by atoms with Gasteiger partial charge in [-0.15, -0.1) is 0 Å². The molecule has 21 heavy (non-hydrogen) atoms. The minimum Gasteiger partial charge on any atom is -0.481 e. The fraction of sp³-hybridized carbons (Fsp3) is 0.500. The van der Waals surface area contributed by atoms with Gasteiger partial charge in [0.2, 0.25) is 10.0 Å². The van der Waals surface area contributed by atoms with Crippen LogP contribution in [0.5, 0.6) is 0 Å². The van der Waals surface area contributed by atoms with Gasteiger partial charge in [0.05, 0.1) is 10.3 Å². The van der Waals surface area contributed by atoms with E-state index in [9.17, 15) is 17.6 Å². The van der Waals surface area contributed by atoms with E-state index in [1.807, 2.05) is 0 Å². The summed E-state index contributed by atoms with van der Waals surface area (Å²) in [4.78, 5) is 11.1. The first-order chi connectivity index (χ1) is 9.67. The zero-order chi connectivity index (χ0) is 15.8. The fourth-order valence-electron chi connectivity index (χ4n) is 2.32. The summed E-state index contributed by atoms with van der Waals surface area (Å²) in [6.45, 7) is 3.43. The Bertz CT molecular complexity index is 664. The summed E-state index contributed by atoms with van der Waals surface area (Å²) in [5, 5.41) is 9.15. The van der Waals surface area contributed by atoms with Gasteiger partial charge in [0.25, 0.3) is 0 Å². The minimum atomic E-state index is -3.78. The van der Waals surface area contributed by atoms with Crippen molar-refractivity contribution < 1.29 is 22.7 Å². The lowest BCUT2D eigenvalue weighted by molar-refractivity contribution is -0.150. The third-order valence-corrected chi connectivity index (χ3v) is 6.02. The van der Waals surface area contributed by atoms with Crippen molar-refractivity contribution in [2.75, 3.05) is 13.1 Å². The molecule has 1 aliphatic rings. The Balaban J connectivity index is 2.22. The van der Waals surface area contributed by atoms with Gasteiger partial charge in [0, 0.05) is 13.1 Å². The molecule has 7 heteroatoms. The van der Waals surface area contributed by atoms with Crippen LogP contribution in [0.3, 0.4) is 0 Å². The maximum Gasteiger partial charge on any atom is 0.309 e. The maximum absolute atomic E-state index is 13.5. The van der Waals surface area contributed by atoms with Crippen LogP contribution in [0.15, 0.2) is 23.1 Å². The van der Waals surface area contributed by atoms with Crippen LogP contribution in [-0.2, 0) is 14.8 Å². The molecule has 1 aromatic rings. The number of hydrogen-bond acceptors (Lipinski definition) is 3. The Kier molecular flexibility index (Phi) is 4.08. The normalized spacial score (nSPS) is 19.4. The molecule has 1 aliphatic heterocycles. The van der Waals surface area contributed by atoms with Crippen molar-refractivity contribution in [3.05, 3.63) is 29.6 Å². The topological polar surface area (TPSA) is 74.7 Å². The lowest BCUT2D eigenvalue weighted by atomic mass is 9.81. The standard InChI is InChI=1S/C14H18FNO4S/c1-10-3-4-11(9-12(10)15)21(19,20)16-7-5-14(2,6-8-16)13(17)18/h3-4,9H,5-8H2,1-2H3,(H,17,18). The molecule has 116 valence electrons. The van der Waals surface area contributed by atoms with Crippen LogP contribution in [0, 0.1) is 18.2 Å². The molecule has 0 aliphatic carbocycles. The molecule has 1 aromatic carbocycles. The van der Waals surface area contributed by atoms with E-state index in [4.69, 9.17) is 5.11 Å². The van der Waals surface area contributed by atoms with Gasteiger partial charge in [-0.25, -0.2) is 12.8 Å². The van der Waals surface area contributed by atoms with Gasteiger partial charge in [-0.05, 0) is 44.4 Å². The van der Waals surface area contributed by atoms with Crippen molar-refractivity contribution in [2.45, 2.75) is 31.6 Å². The molecule has 0 saturated carbocycles. The number of carbonyl (C=O) groups is 1. The Morgan fingerprint density at radius 2 is 1.90 bits per heavy atom. The van der Waals surface area contributed by atoms with Gasteiger partial charge in [-0.1, -0.05) is 6.07 Å². The van der Waals surface area contributed by atoms with E-state index in [1.54, 1.807) is 13.8 Å². The SMILES string of the molecule is Cc1ccc(S(=O)(=O)N2CCC(C)(C(=O)O)CC2)cc1F. The van der Waals surface area contributed by atoms with Gasteiger partial charge in [0.1, 0.15) is 5.82 Å². The number of nitrogens with zero attached hydrogens (tertiary/aromatic N) is 1. The van der Waals surface area contributed by atoms with Crippen molar-refractivity contribution in [3.8, 4) is 0 Å². The second-order valence-electron chi connectivity index (χ2n) is 5.68. The largest absolute Gasteiger partial charge is 0.481 e. The molecule has 0 bridgehead atoms. The van der Waals surface area contributed by atoms with E-state index in [0.717, 1.165) is 6.07 Å². The first kappa shape index (κ1) is 15.9. The minimum absolute atomic E-state index is 0.0930. The summed E-state index contributed by atoms with van der Waals surface area (Å²) in [5.41, 5.74) is -0.518. The summed E-state index contributed by atoms with van der Waals surface area (Å²) < 4.78 is 39.7. The molecule has 1 saturated heterocycles. The molecule has 0 amide bonds. The first-order valence-corrected chi connectivity index (χ1v) is 8.10. The van der Waals surface area contributed by atoms with Crippen LogP contribution < -0.4 is 0 Å². The molecule has 0 atom stereocenters. The maximum atomic E-state index is 13.5. The number of carboxylic acids is 1. The fourth-order valence-corrected chi connectivity index (χ4v) is 3.77. The number of aliphatic carboxylic acids is 1. The Morgan fingerprint density at radius 3 is 2.38 bits per heavy atom. The van der Waals surface area contributed by atoms with Gasteiger partial charge in [-0.3, -0.25) is 4.79 Å². The van der Waals surface area contributed by atoms with E-state index < -0.39 is 27.2 Å². The number of carboxylic acid groups (broad SMARTS) is 1. The van der Waals surface area contributed by atoms with E-state index in [2.05, 4.69) is 0 Å². The van der Waals surface area contributed by atoms with Crippen molar-refractivity contribution in [1.82, 2.24) is 4.31 Å². The smallest absolute Gasteiger partial charge is 0.309 e. The average Bonchev–Trinajstić information content (AvgIpc) is 2.42. The molecule has 1 N–H and O–H groups in total. The van der Waals surface area contributed by atoms with Crippen LogP contribution in [0.25, 0.3) is 0 Å². The third-order valence-electron chi connectivity index (χ3n) is 4.12. The van der Waals surface area contributed by atoms with Crippen LogP contribution >= 0.6 is 0 Å². The van der Waals surface area contributed by atoms with Crippen LogP contribution in [0.4, 0.5) is 4.39 Å². The quantitative estimate of drug-likeness (QED) is 0.926. The second kappa shape index (κ2) is 5.38.